The summed E-state index contributed by atoms with van der Waals surface area (Å²) in [5.41, 5.74) is -0.00237. The van der Waals surface area contributed by atoms with E-state index in [-0.39, 0.29) is 28.3 Å². The molecule has 0 spiro atoms. The number of oxime groups is 1. The summed E-state index contributed by atoms with van der Waals surface area (Å²) in [4.78, 5) is 12.5. The molecule has 140 valence electrons. The van der Waals surface area contributed by atoms with Gasteiger partial charge in [-0.1, -0.05) is 35.0 Å². The molecule has 4 N–H and O–H groups in total. The van der Waals surface area contributed by atoms with Crippen LogP contribution in [-0.4, -0.2) is 44.4 Å². The van der Waals surface area contributed by atoms with Gasteiger partial charge in [0, 0.05) is 12.5 Å². The lowest BCUT2D eigenvalue weighted by Crippen LogP contribution is -2.19. The largest absolute Gasteiger partial charge is 0.507 e. The summed E-state index contributed by atoms with van der Waals surface area (Å²) in [6.45, 7) is 1.67. The minimum absolute atomic E-state index is 0.0832. The van der Waals surface area contributed by atoms with Crippen LogP contribution in [0.3, 0.4) is 0 Å². The number of cyclic esters (lactones) is 1. The normalized spacial score (nSPS) is 25.8. The van der Waals surface area contributed by atoms with Crippen LogP contribution in [0.5, 0.6) is 11.5 Å². The van der Waals surface area contributed by atoms with Gasteiger partial charge in [-0.2, -0.15) is 0 Å². The monoisotopic (exact) mass is 381 g/mol. The molecule has 2 atom stereocenters. The van der Waals surface area contributed by atoms with E-state index in [1.807, 2.05) is 0 Å². The zero-order valence-corrected chi connectivity index (χ0v) is 14.8. The number of allylic oxidation sites excluding steroid dienone is 3. The summed E-state index contributed by atoms with van der Waals surface area (Å²) in [6.07, 6.45) is 5.57. The second kappa shape index (κ2) is 8.73. The van der Waals surface area contributed by atoms with E-state index in [2.05, 4.69) is 5.16 Å². The molecule has 1 aromatic rings. The van der Waals surface area contributed by atoms with E-state index >= 15 is 0 Å². The average Bonchev–Trinajstić information content (AvgIpc) is 2.59. The number of hydrogen-bond donors (Lipinski definition) is 4. The Morgan fingerprint density at radius 1 is 1.23 bits per heavy atom. The van der Waals surface area contributed by atoms with E-state index in [0.29, 0.717) is 12.8 Å². The fourth-order valence-electron chi connectivity index (χ4n) is 2.55. The Kier molecular flexibility index (Phi) is 6.65. The molecule has 1 aliphatic heterocycles. The first kappa shape index (κ1) is 19.8. The topological polar surface area (TPSA) is 120 Å². The fourth-order valence-corrected chi connectivity index (χ4v) is 2.76. The number of halogens is 1. The van der Waals surface area contributed by atoms with Crippen molar-refractivity contribution in [2.75, 3.05) is 0 Å². The first-order valence-electron chi connectivity index (χ1n) is 8.01. The zero-order valence-electron chi connectivity index (χ0n) is 14.1. The second-order valence-electron chi connectivity index (χ2n) is 5.96. The van der Waals surface area contributed by atoms with Crippen molar-refractivity contribution < 1.29 is 30.1 Å². The van der Waals surface area contributed by atoms with E-state index in [9.17, 15) is 25.3 Å². The molecule has 0 amide bonds. The van der Waals surface area contributed by atoms with Gasteiger partial charge in [-0.3, -0.25) is 0 Å². The number of phenols is 2. The van der Waals surface area contributed by atoms with E-state index in [1.165, 1.54) is 6.08 Å². The molecule has 0 bridgehead atoms. The summed E-state index contributed by atoms with van der Waals surface area (Å²) >= 11 is 6.10. The zero-order chi connectivity index (χ0) is 19.3. The summed E-state index contributed by atoms with van der Waals surface area (Å²) in [5.74, 6) is -1.73. The van der Waals surface area contributed by atoms with Crippen LogP contribution >= 0.6 is 11.6 Å². The first-order valence-corrected chi connectivity index (χ1v) is 8.39. The van der Waals surface area contributed by atoms with Crippen molar-refractivity contribution in [1.29, 1.82) is 0 Å². The number of ether oxygens (including phenoxy) is 1. The van der Waals surface area contributed by atoms with Crippen molar-refractivity contribution in [2.24, 2.45) is 5.16 Å². The highest BCUT2D eigenvalue weighted by molar-refractivity contribution is 6.33. The molecule has 0 unspecified atom stereocenters. The van der Waals surface area contributed by atoms with Crippen LogP contribution in [0.25, 0.3) is 0 Å². The van der Waals surface area contributed by atoms with Gasteiger partial charge in [0.2, 0.25) is 0 Å². The molecule has 8 heteroatoms. The van der Waals surface area contributed by atoms with Crippen molar-refractivity contribution >= 4 is 23.3 Å². The molecule has 1 aromatic carbocycles. The average molecular weight is 382 g/mol. The maximum Gasteiger partial charge on any atom is 0.342 e. The Balaban J connectivity index is 2.55. The number of fused-ring (bicyclic) bond motifs is 1. The Labute approximate surface area is 155 Å². The molecule has 0 saturated carbocycles. The van der Waals surface area contributed by atoms with Gasteiger partial charge < -0.3 is 25.3 Å². The van der Waals surface area contributed by atoms with Crippen LogP contribution in [0.15, 0.2) is 35.5 Å². The Hall–Kier alpha value is -2.51. The van der Waals surface area contributed by atoms with Gasteiger partial charge >= 0.3 is 5.97 Å². The predicted octanol–water partition coefficient (Wildman–Crippen LogP) is 2.94. The van der Waals surface area contributed by atoms with Gasteiger partial charge in [0.1, 0.15) is 17.1 Å². The van der Waals surface area contributed by atoms with Crippen LogP contribution in [0.2, 0.25) is 5.02 Å². The number of aliphatic hydroxyl groups excluding tert-OH is 1. The highest BCUT2D eigenvalue weighted by Crippen LogP contribution is 2.37. The molecule has 1 heterocycles. The molecular formula is C18H20ClNO6. The minimum atomic E-state index is -0.824. The summed E-state index contributed by atoms with van der Waals surface area (Å²) in [7, 11) is 0. The van der Waals surface area contributed by atoms with Crippen LogP contribution < -0.4 is 0 Å². The third kappa shape index (κ3) is 4.77. The van der Waals surface area contributed by atoms with Gasteiger partial charge in [0.05, 0.1) is 22.9 Å². The number of rotatable bonds is 0. The SMILES string of the molecule is C[C@@H]1CC[C@H](O)\C=C/C=C\C(=N/O)Cc2c(Cl)c(O)cc(O)c2C(=O)O1. The van der Waals surface area contributed by atoms with Crippen molar-refractivity contribution in [3.63, 3.8) is 0 Å². The fraction of sp³-hybridized carbons (Fsp3) is 0.333. The highest BCUT2D eigenvalue weighted by Gasteiger charge is 2.25. The Morgan fingerprint density at radius 2 is 1.96 bits per heavy atom. The lowest BCUT2D eigenvalue weighted by molar-refractivity contribution is 0.0293. The third-order valence-electron chi connectivity index (χ3n) is 3.92. The number of carbonyl (C=O) groups is 1. The molecular weight excluding hydrogens is 362 g/mol. The Morgan fingerprint density at radius 3 is 2.65 bits per heavy atom. The van der Waals surface area contributed by atoms with Crippen LogP contribution in [0.1, 0.15) is 35.7 Å². The molecule has 1 aliphatic rings. The van der Waals surface area contributed by atoms with Gasteiger partial charge in [-0.25, -0.2) is 4.79 Å². The van der Waals surface area contributed by atoms with Crippen LogP contribution in [0, 0.1) is 0 Å². The first-order chi connectivity index (χ1) is 12.3. The number of benzene rings is 1. The minimum Gasteiger partial charge on any atom is -0.507 e. The molecule has 0 aromatic heterocycles. The maximum atomic E-state index is 12.5. The third-order valence-corrected chi connectivity index (χ3v) is 4.34. The Bertz CT molecular complexity index is 771. The van der Waals surface area contributed by atoms with Crippen molar-refractivity contribution in [3.8, 4) is 11.5 Å². The number of carbonyl (C=O) groups excluding carboxylic acids is 1. The predicted molar refractivity (Wildman–Crippen MR) is 96.1 cm³/mol. The summed E-state index contributed by atoms with van der Waals surface area (Å²) < 4.78 is 5.32. The molecule has 0 saturated heterocycles. The maximum absolute atomic E-state index is 12.5. The highest BCUT2D eigenvalue weighted by atomic mass is 35.5. The van der Waals surface area contributed by atoms with Crippen molar-refractivity contribution in [3.05, 3.63) is 46.5 Å². The lowest BCUT2D eigenvalue weighted by atomic mass is 9.99. The van der Waals surface area contributed by atoms with Crippen molar-refractivity contribution in [2.45, 2.75) is 38.4 Å². The smallest absolute Gasteiger partial charge is 0.342 e. The molecule has 26 heavy (non-hydrogen) atoms. The van der Waals surface area contributed by atoms with Gasteiger partial charge in [-0.05, 0) is 31.4 Å². The van der Waals surface area contributed by atoms with E-state index in [0.717, 1.165) is 6.07 Å². The number of esters is 1. The molecule has 7 nitrogen and oxygen atoms in total. The summed E-state index contributed by atoms with van der Waals surface area (Å²) in [5, 5.41) is 42.0. The van der Waals surface area contributed by atoms with Gasteiger partial charge in [0.15, 0.2) is 0 Å². The summed E-state index contributed by atoms with van der Waals surface area (Å²) in [6, 6.07) is 0.953. The van der Waals surface area contributed by atoms with Crippen LogP contribution in [-0.2, 0) is 11.2 Å². The number of aliphatic hydroxyl groups is 1. The second-order valence-corrected chi connectivity index (χ2v) is 6.33. The van der Waals surface area contributed by atoms with Gasteiger partial charge in [0.25, 0.3) is 0 Å². The standard InChI is InChI=1S/C18H20ClNO6/c1-10-6-7-12(21)5-3-2-4-11(20-25)8-13-16(18(24)26-10)14(22)9-15(23)17(13)19/h2-5,9-10,12,21-23,25H,6-8H2,1H3/b4-2-,5-3-,20-11+/t10-,12-/m1/s1. The van der Waals surface area contributed by atoms with Crippen molar-refractivity contribution in [1.82, 2.24) is 0 Å². The number of hydrogen-bond acceptors (Lipinski definition) is 7. The van der Waals surface area contributed by atoms with E-state index < -0.39 is 29.7 Å². The van der Waals surface area contributed by atoms with Gasteiger partial charge in [-0.15, -0.1) is 0 Å². The quantitative estimate of drug-likeness (QED) is 0.311. The molecule has 2 rings (SSSR count). The van der Waals surface area contributed by atoms with Crippen LogP contribution in [0.4, 0.5) is 0 Å². The molecule has 0 aliphatic carbocycles. The lowest BCUT2D eigenvalue weighted by Gasteiger charge is -2.18. The number of aromatic hydroxyl groups is 2. The van der Waals surface area contributed by atoms with E-state index in [1.54, 1.807) is 25.2 Å². The van der Waals surface area contributed by atoms with E-state index in [4.69, 9.17) is 16.3 Å². The number of phenolic OH excluding ortho intramolecular Hbond substituents is 2. The molecule has 0 radical (unpaired) electrons. The molecule has 0 fully saturated rings. The number of nitrogens with zero attached hydrogens (tertiary/aromatic N) is 1.